The molecule has 36 heavy (non-hydrogen) atoms. The zero-order valence-electron chi connectivity index (χ0n) is 27.3. The smallest absolute Gasteiger partial charge is 0.0930 e. The predicted octanol–water partition coefficient (Wildman–Crippen LogP) is 11.1. The Hall–Kier alpha value is -1.54. The molecule has 0 bridgehead atoms. The lowest BCUT2D eigenvalue weighted by atomic mass is 9.75. The summed E-state index contributed by atoms with van der Waals surface area (Å²) in [5, 5.41) is 0. The van der Waals surface area contributed by atoms with Crippen molar-refractivity contribution in [1.82, 2.24) is 4.90 Å². The van der Waals surface area contributed by atoms with E-state index in [1.165, 1.54) is 56.1 Å². The molecule has 0 N–H and O–H groups in total. The van der Waals surface area contributed by atoms with Gasteiger partial charge in [0.1, 0.15) is 0 Å². The Kier molecular flexibility index (Phi) is 36.4. The van der Waals surface area contributed by atoms with E-state index in [1.807, 2.05) is 68.4 Å². The van der Waals surface area contributed by atoms with E-state index in [0.29, 0.717) is 0 Å². The molecule has 1 aliphatic rings. The zero-order valence-corrected chi connectivity index (χ0v) is 27.3. The first kappa shape index (κ1) is 41.6. The van der Waals surface area contributed by atoms with Gasteiger partial charge in [0.25, 0.3) is 0 Å². The van der Waals surface area contributed by atoms with Crippen LogP contribution >= 0.6 is 0 Å². The number of hydrogen-bond acceptors (Lipinski definition) is 2. The third-order valence-electron chi connectivity index (χ3n) is 6.05. The van der Waals surface area contributed by atoms with E-state index in [9.17, 15) is 0 Å². The van der Waals surface area contributed by atoms with E-state index < -0.39 is 0 Å². The zero-order chi connectivity index (χ0) is 28.9. The summed E-state index contributed by atoms with van der Waals surface area (Å²) in [4.78, 5) is 2.12. The number of rotatable bonds is 8. The van der Waals surface area contributed by atoms with Crippen LogP contribution in [0.15, 0.2) is 42.7 Å². The Balaban J connectivity index is -0.000000335. The van der Waals surface area contributed by atoms with Crippen LogP contribution in [0.1, 0.15) is 126 Å². The van der Waals surface area contributed by atoms with Crippen LogP contribution in [-0.4, -0.2) is 32.6 Å². The fourth-order valence-corrected chi connectivity index (χ4v) is 3.83. The average molecular weight is 506 g/mol. The Labute approximate surface area is 229 Å². The van der Waals surface area contributed by atoms with Crippen molar-refractivity contribution in [3.8, 4) is 0 Å². The molecular weight excluding hydrogens is 438 g/mol. The number of hydrogen-bond donors (Lipinski definition) is 0. The number of benzene rings is 1. The molecular formula is C34H67NO. The van der Waals surface area contributed by atoms with Gasteiger partial charge in [0, 0.05) is 0 Å². The minimum atomic E-state index is 0.891. The summed E-state index contributed by atoms with van der Waals surface area (Å²) >= 11 is 0. The molecule has 2 heteroatoms. The number of aryl methyl sites for hydroxylation is 1. The lowest BCUT2D eigenvalue weighted by Gasteiger charge is -2.30. The molecule has 1 unspecified atom stereocenters. The molecule has 1 aliphatic carbocycles. The maximum Gasteiger partial charge on any atom is 0.0930 e. The molecule has 0 radical (unpaired) electrons. The van der Waals surface area contributed by atoms with Gasteiger partial charge in [-0.15, -0.1) is 0 Å². The number of ether oxygens (including phenoxy) is 1. The van der Waals surface area contributed by atoms with E-state index >= 15 is 0 Å². The van der Waals surface area contributed by atoms with Gasteiger partial charge in [0.15, 0.2) is 0 Å². The number of allylic oxidation sites excluding steroid dienone is 3. The van der Waals surface area contributed by atoms with Crippen molar-refractivity contribution in [1.29, 1.82) is 0 Å². The molecule has 2 nitrogen and oxygen atoms in total. The van der Waals surface area contributed by atoms with Gasteiger partial charge >= 0.3 is 0 Å². The molecule has 2 atom stereocenters. The maximum absolute atomic E-state index is 5.19. The maximum atomic E-state index is 5.19. The first-order valence-corrected chi connectivity index (χ1v) is 15.1. The van der Waals surface area contributed by atoms with Crippen molar-refractivity contribution in [2.24, 2.45) is 11.8 Å². The molecule has 214 valence electrons. The van der Waals surface area contributed by atoms with Gasteiger partial charge in [-0.25, -0.2) is 0 Å². The van der Waals surface area contributed by atoms with Crippen LogP contribution < -0.4 is 0 Å². The van der Waals surface area contributed by atoms with Crippen molar-refractivity contribution >= 4 is 5.57 Å². The van der Waals surface area contributed by atoms with Crippen LogP contribution in [0.5, 0.6) is 0 Å². The predicted molar refractivity (Wildman–Crippen MR) is 170 cm³/mol. The first-order valence-electron chi connectivity index (χ1n) is 15.1. The molecule has 0 aromatic heterocycles. The summed E-state index contributed by atoms with van der Waals surface area (Å²) in [7, 11) is 5.80. The molecule has 0 saturated heterocycles. The molecule has 0 spiro atoms. The summed E-state index contributed by atoms with van der Waals surface area (Å²) in [5.41, 5.74) is 3.64. The Morgan fingerprint density at radius 3 is 1.72 bits per heavy atom. The summed E-state index contributed by atoms with van der Waals surface area (Å²) in [6, 6.07) is 8.91. The van der Waals surface area contributed by atoms with Crippen LogP contribution in [0.3, 0.4) is 0 Å². The second-order valence-corrected chi connectivity index (χ2v) is 8.33. The largest absolute Gasteiger partial charge is 0.501 e. The molecule has 0 aliphatic heterocycles. The van der Waals surface area contributed by atoms with Crippen LogP contribution in [0, 0.1) is 11.8 Å². The third kappa shape index (κ3) is 21.7. The second kappa shape index (κ2) is 31.5. The average Bonchev–Trinajstić information content (AvgIpc) is 2.96. The fourth-order valence-electron chi connectivity index (χ4n) is 3.83. The van der Waals surface area contributed by atoms with Gasteiger partial charge in [-0.3, -0.25) is 0 Å². The summed E-state index contributed by atoms with van der Waals surface area (Å²) in [6.45, 7) is 27.7. The van der Waals surface area contributed by atoms with E-state index in [0.717, 1.165) is 29.7 Å². The van der Waals surface area contributed by atoms with Crippen molar-refractivity contribution < 1.29 is 4.74 Å². The second-order valence-electron chi connectivity index (χ2n) is 8.33. The van der Waals surface area contributed by atoms with Gasteiger partial charge in [-0.1, -0.05) is 132 Å². The van der Waals surface area contributed by atoms with E-state index in [2.05, 4.69) is 63.7 Å². The Morgan fingerprint density at radius 2 is 1.33 bits per heavy atom. The van der Waals surface area contributed by atoms with Gasteiger partial charge in [0.05, 0.1) is 12.9 Å². The van der Waals surface area contributed by atoms with Crippen molar-refractivity contribution in [2.75, 3.05) is 27.7 Å². The summed E-state index contributed by atoms with van der Waals surface area (Å²) < 4.78 is 5.19. The molecule has 0 heterocycles. The Bertz CT molecular complexity index is 586. The number of nitrogens with zero attached hydrogens (tertiary/aromatic N) is 1. The minimum absolute atomic E-state index is 0.891. The van der Waals surface area contributed by atoms with Crippen LogP contribution in [0.2, 0.25) is 0 Å². The van der Waals surface area contributed by atoms with Crippen LogP contribution in [0.4, 0.5) is 0 Å². The quantitative estimate of drug-likeness (QED) is 0.257. The summed E-state index contributed by atoms with van der Waals surface area (Å²) in [5.74, 6) is 2.79. The van der Waals surface area contributed by atoms with Gasteiger partial charge in [-0.2, -0.15) is 0 Å². The normalized spacial score (nSPS) is 16.0. The van der Waals surface area contributed by atoms with E-state index in [1.54, 1.807) is 7.11 Å². The van der Waals surface area contributed by atoms with E-state index in [4.69, 9.17) is 4.74 Å². The van der Waals surface area contributed by atoms with Gasteiger partial charge < -0.3 is 9.64 Å². The minimum Gasteiger partial charge on any atom is -0.501 e. The first-order chi connectivity index (χ1) is 17.4. The molecule has 1 saturated carbocycles. The van der Waals surface area contributed by atoms with Crippen LogP contribution in [0.25, 0.3) is 5.57 Å². The van der Waals surface area contributed by atoms with Gasteiger partial charge in [0.2, 0.25) is 0 Å². The lowest BCUT2D eigenvalue weighted by Crippen LogP contribution is -2.19. The number of methoxy groups -OCH3 is 1. The van der Waals surface area contributed by atoms with Crippen molar-refractivity contribution in [3.05, 3.63) is 53.8 Å². The topological polar surface area (TPSA) is 12.5 Å². The summed E-state index contributed by atoms with van der Waals surface area (Å²) in [6.07, 6.45) is 11.7. The highest BCUT2D eigenvalue weighted by molar-refractivity contribution is 5.72. The lowest BCUT2D eigenvalue weighted by molar-refractivity contribution is 0.218. The Morgan fingerprint density at radius 1 is 0.889 bits per heavy atom. The van der Waals surface area contributed by atoms with Crippen molar-refractivity contribution in [3.63, 3.8) is 0 Å². The fraction of sp³-hybridized carbons (Fsp3) is 0.706. The third-order valence-corrected chi connectivity index (χ3v) is 6.05. The molecule has 1 fully saturated rings. The van der Waals surface area contributed by atoms with Crippen molar-refractivity contribution in [2.45, 2.75) is 121 Å². The van der Waals surface area contributed by atoms with Gasteiger partial charge in [-0.05, 0) is 75.0 Å². The highest BCUT2D eigenvalue weighted by Gasteiger charge is 2.23. The van der Waals surface area contributed by atoms with E-state index in [-0.39, 0.29) is 0 Å². The molecule has 1 aromatic carbocycles. The highest BCUT2D eigenvalue weighted by atomic mass is 16.5. The van der Waals surface area contributed by atoms with Crippen LogP contribution in [-0.2, 0) is 11.2 Å². The molecule has 0 amide bonds. The SMILES string of the molecule is C=C(/C=C(/C)OC)c1ccc(CC[C@H]2CCCCC2CC)cc1.CC.CC.CC.CC.CCN(C)C. The highest BCUT2D eigenvalue weighted by Crippen LogP contribution is 2.35. The standard InChI is InChI=1S/C22H32O.C4H11N.4C2H6/c1-5-20-8-6-7-9-22(20)15-12-19-10-13-21(14-11-19)17(2)16-18(3)23-4;1-4-5(2)3;4*1-2/h10-11,13-14,16,20,22H,2,5-9,12,15H2,1,3-4H3;4H2,1-3H3;4*1-2H3/b18-16-;;;;;/t20?,22-;;;;;/m1...../s1. The molecule has 1 aromatic rings. The molecule has 2 rings (SSSR count). The monoisotopic (exact) mass is 506 g/mol.